The standard InChI is InChI=1S/C34H45O2P/c1-9-10-14-19-34(8,37-31-18-17-24(2)20-29(31)26(4)35)30-22-28(33(5,6)7)21-25(3)32(30)36-23-27-15-12-11-13-16-27/h11-13,15-18,20-22,37H,9-10,14,19,23H2,1-8H3. The minimum atomic E-state index is -0.146. The second-order valence-corrected chi connectivity index (χ2v) is 13.6. The summed E-state index contributed by atoms with van der Waals surface area (Å²) in [6.45, 7) is 18.0. The molecule has 0 amide bonds. The number of benzene rings is 3. The van der Waals surface area contributed by atoms with E-state index in [0.717, 1.165) is 35.0 Å². The molecule has 0 aromatic heterocycles. The first-order valence-electron chi connectivity index (χ1n) is 13.7. The van der Waals surface area contributed by atoms with Crippen molar-refractivity contribution < 1.29 is 9.53 Å². The molecule has 0 fully saturated rings. The van der Waals surface area contributed by atoms with Crippen LogP contribution in [0, 0.1) is 13.8 Å². The zero-order valence-electron chi connectivity index (χ0n) is 24.1. The van der Waals surface area contributed by atoms with Crippen LogP contribution in [0.25, 0.3) is 0 Å². The molecule has 3 rings (SSSR count). The summed E-state index contributed by atoms with van der Waals surface area (Å²) in [4.78, 5) is 12.6. The Morgan fingerprint density at radius 1 is 0.919 bits per heavy atom. The van der Waals surface area contributed by atoms with Crippen molar-refractivity contribution in [1.29, 1.82) is 0 Å². The molecule has 0 bridgehead atoms. The average Bonchev–Trinajstić information content (AvgIpc) is 2.84. The Morgan fingerprint density at radius 2 is 1.62 bits per heavy atom. The van der Waals surface area contributed by atoms with E-state index < -0.39 is 0 Å². The summed E-state index contributed by atoms with van der Waals surface area (Å²) < 4.78 is 6.65. The number of ether oxygens (including phenoxy) is 1. The Hall–Kier alpha value is -2.44. The molecule has 0 saturated carbocycles. The lowest BCUT2D eigenvalue weighted by Crippen LogP contribution is -2.24. The fourth-order valence-electron chi connectivity index (χ4n) is 4.89. The first kappa shape index (κ1) is 29.1. The van der Waals surface area contributed by atoms with Gasteiger partial charge in [0.1, 0.15) is 12.4 Å². The van der Waals surface area contributed by atoms with Crippen molar-refractivity contribution in [2.24, 2.45) is 0 Å². The molecule has 37 heavy (non-hydrogen) atoms. The Morgan fingerprint density at radius 3 is 2.24 bits per heavy atom. The number of rotatable bonds is 11. The van der Waals surface area contributed by atoms with Crippen LogP contribution in [0.3, 0.4) is 0 Å². The van der Waals surface area contributed by atoms with E-state index in [1.54, 1.807) is 6.92 Å². The van der Waals surface area contributed by atoms with Gasteiger partial charge < -0.3 is 4.74 Å². The molecule has 3 aromatic rings. The minimum absolute atomic E-state index is 0.0271. The van der Waals surface area contributed by atoms with Crippen molar-refractivity contribution in [3.63, 3.8) is 0 Å². The van der Waals surface area contributed by atoms with Gasteiger partial charge in [-0.1, -0.05) is 123 Å². The van der Waals surface area contributed by atoms with Crippen LogP contribution in [0.15, 0.2) is 60.7 Å². The van der Waals surface area contributed by atoms with Gasteiger partial charge in [-0.3, -0.25) is 4.79 Å². The lowest BCUT2D eigenvalue weighted by Gasteiger charge is -2.35. The van der Waals surface area contributed by atoms with Crippen LogP contribution in [0.4, 0.5) is 0 Å². The van der Waals surface area contributed by atoms with Crippen molar-refractivity contribution >= 4 is 19.7 Å². The van der Waals surface area contributed by atoms with Gasteiger partial charge in [-0.15, -0.1) is 0 Å². The smallest absolute Gasteiger partial charge is 0.160 e. The number of hydrogen-bond donors (Lipinski definition) is 0. The van der Waals surface area contributed by atoms with Crippen molar-refractivity contribution in [1.82, 2.24) is 0 Å². The summed E-state index contributed by atoms with van der Waals surface area (Å²) in [7, 11) is 0.468. The number of ketones is 1. The van der Waals surface area contributed by atoms with E-state index in [2.05, 4.69) is 103 Å². The lowest BCUT2D eigenvalue weighted by molar-refractivity contribution is 0.101. The average molecular weight is 517 g/mol. The van der Waals surface area contributed by atoms with Crippen LogP contribution in [-0.4, -0.2) is 5.78 Å². The molecule has 2 atom stereocenters. The molecular formula is C34H45O2P. The number of hydrogen-bond acceptors (Lipinski definition) is 2. The van der Waals surface area contributed by atoms with Crippen LogP contribution in [-0.2, 0) is 17.2 Å². The fourth-order valence-corrected chi connectivity index (χ4v) is 6.65. The third kappa shape index (κ3) is 7.55. The van der Waals surface area contributed by atoms with E-state index in [9.17, 15) is 4.79 Å². The molecular weight excluding hydrogens is 471 g/mol. The highest BCUT2D eigenvalue weighted by atomic mass is 31.1. The predicted octanol–water partition coefficient (Wildman–Crippen LogP) is 9.18. The molecule has 0 radical (unpaired) electrons. The SMILES string of the molecule is CCCCCC(C)(Pc1ccc(C)cc1C(C)=O)c1cc(C(C)(C)C)cc(C)c1OCc1ccccc1. The highest BCUT2D eigenvalue weighted by Gasteiger charge is 2.33. The van der Waals surface area contributed by atoms with Crippen LogP contribution in [0.2, 0.25) is 0 Å². The molecule has 3 heteroatoms. The van der Waals surface area contributed by atoms with Gasteiger partial charge in [0.15, 0.2) is 5.78 Å². The Balaban J connectivity index is 2.17. The molecule has 2 nitrogen and oxygen atoms in total. The number of carbonyl (C=O) groups excluding carboxylic acids is 1. The minimum Gasteiger partial charge on any atom is -0.488 e. The zero-order chi connectivity index (χ0) is 27.2. The topological polar surface area (TPSA) is 26.3 Å². The van der Waals surface area contributed by atoms with Gasteiger partial charge in [-0.2, -0.15) is 0 Å². The maximum atomic E-state index is 12.6. The van der Waals surface area contributed by atoms with Crippen LogP contribution in [0.1, 0.15) is 105 Å². The number of aryl methyl sites for hydroxylation is 2. The summed E-state index contributed by atoms with van der Waals surface area (Å²) in [5.74, 6) is 1.14. The van der Waals surface area contributed by atoms with E-state index in [1.807, 2.05) is 6.07 Å². The molecule has 0 N–H and O–H groups in total. The zero-order valence-corrected chi connectivity index (χ0v) is 25.1. The molecule has 2 unspecified atom stereocenters. The van der Waals surface area contributed by atoms with Gasteiger partial charge in [0, 0.05) is 16.3 Å². The van der Waals surface area contributed by atoms with Crippen molar-refractivity contribution in [2.75, 3.05) is 0 Å². The molecule has 0 saturated heterocycles. The molecule has 0 spiro atoms. The largest absolute Gasteiger partial charge is 0.488 e. The van der Waals surface area contributed by atoms with Gasteiger partial charge in [-0.05, 0) is 60.7 Å². The van der Waals surface area contributed by atoms with Gasteiger partial charge >= 0.3 is 0 Å². The van der Waals surface area contributed by atoms with Crippen molar-refractivity contribution in [3.05, 3.63) is 94.0 Å². The third-order valence-electron chi connectivity index (χ3n) is 7.21. The Labute approximate surface area is 227 Å². The summed E-state index contributed by atoms with van der Waals surface area (Å²) >= 11 is 0. The monoisotopic (exact) mass is 516 g/mol. The maximum Gasteiger partial charge on any atom is 0.160 e. The molecule has 3 aromatic carbocycles. The van der Waals surface area contributed by atoms with Gasteiger partial charge in [0.2, 0.25) is 0 Å². The maximum absolute atomic E-state index is 12.6. The lowest BCUT2D eigenvalue weighted by atomic mass is 9.82. The molecule has 0 aliphatic rings. The summed E-state index contributed by atoms with van der Waals surface area (Å²) in [6, 6.07) is 21.5. The number of Topliss-reactive ketones (excluding diaryl/α,β-unsaturated/α-hetero) is 1. The second kappa shape index (κ2) is 12.4. The van der Waals surface area contributed by atoms with Crippen molar-refractivity contribution in [2.45, 2.75) is 98.3 Å². The highest BCUT2D eigenvalue weighted by molar-refractivity contribution is 7.48. The van der Waals surface area contributed by atoms with E-state index in [0.29, 0.717) is 15.2 Å². The van der Waals surface area contributed by atoms with Gasteiger partial charge in [-0.25, -0.2) is 0 Å². The first-order chi connectivity index (χ1) is 17.4. The van der Waals surface area contributed by atoms with E-state index in [1.165, 1.54) is 35.1 Å². The number of unbranched alkanes of at least 4 members (excludes halogenated alkanes) is 2. The van der Waals surface area contributed by atoms with E-state index in [-0.39, 0.29) is 16.4 Å². The van der Waals surface area contributed by atoms with Crippen molar-refractivity contribution in [3.8, 4) is 5.75 Å². The molecule has 0 aliphatic heterocycles. The van der Waals surface area contributed by atoms with Gasteiger partial charge in [0.05, 0.1) is 0 Å². The highest BCUT2D eigenvalue weighted by Crippen LogP contribution is 2.51. The third-order valence-corrected chi connectivity index (χ3v) is 8.98. The first-order valence-corrected chi connectivity index (χ1v) is 14.7. The summed E-state index contributed by atoms with van der Waals surface area (Å²) in [5.41, 5.74) is 6.96. The van der Waals surface area contributed by atoms with E-state index in [4.69, 9.17) is 4.74 Å². The van der Waals surface area contributed by atoms with Crippen LogP contribution < -0.4 is 10.0 Å². The summed E-state index contributed by atoms with van der Waals surface area (Å²) in [5, 5.41) is 1.01. The van der Waals surface area contributed by atoms with Gasteiger partial charge in [0.25, 0.3) is 0 Å². The van der Waals surface area contributed by atoms with E-state index >= 15 is 0 Å². The second-order valence-electron chi connectivity index (χ2n) is 11.7. The van der Waals surface area contributed by atoms with Crippen LogP contribution in [0.5, 0.6) is 5.75 Å². The van der Waals surface area contributed by atoms with Crippen LogP contribution >= 0.6 is 8.58 Å². The normalized spacial score (nSPS) is 13.6. The molecule has 0 heterocycles. The predicted molar refractivity (Wildman–Crippen MR) is 161 cm³/mol. The Kier molecular flexibility index (Phi) is 9.76. The molecule has 0 aliphatic carbocycles. The Bertz CT molecular complexity index is 1210. The molecule has 198 valence electrons. The summed E-state index contributed by atoms with van der Waals surface area (Å²) in [6.07, 6.45) is 4.59. The fraction of sp³-hybridized carbons (Fsp3) is 0.441. The number of carbonyl (C=O) groups is 1. The quantitative estimate of drug-likeness (QED) is 0.144.